The number of nitrogens with zero attached hydrogens (tertiary/aromatic N) is 1. The number of halogens is 1. The van der Waals surface area contributed by atoms with E-state index in [1.54, 1.807) is 0 Å². The molecule has 0 aliphatic carbocycles. The number of amides is 1. The molecule has 0 bridgehead atoms. The van der Waals surface area contributed by atoms with Crippen LogP contribution in [0.4, 0.5) is 5.69 Å². The molecular formula is C19H18ClNOS. The number of thiophene rings is 1. The van der Waals surface area contributed by atoms with Gasteiger partial charge in [-0.3, -0.25) is 4.79 Å². The van der Waals surface area contributed by atoms with Crippen molar-refractivity contribution >= 4 is 44.6 Å². The van der Waals surface area contributed by atoms with Crippen LogP contribution >= 0.6 is 22.9 Å². The first kappa shape index (κ1) is 16.0. The first-order chi connectivity index (χ1) is 11.2. The second kappa shape index (κ2) is 7.16. The van der Waals surface area contributed by atoms with E-state index in [0.29, 0.717) is 16.4 Å². The van der Waals surface area contributed by atoms with Gasteiger partial charge in [-0.1, -0.05) is 61.3 Å². The maximum Gasteiger partial charge on any atom is 0.269 e. The van der Waals surface area contributed by atoms with Gasteiger partial charge in [0.1, 0.15) is 4.88 Å². The third-order valence-corrected chi connectivity index (χ3v) is 5.44. The summed E-state index contributed by atoms with van der Waals surface area (Å²) in [6.07, 6.45) is 2.00. The van der Waals surface area contributed by atoms with Gasteiger partial charge in [0.25, 0.3) is 5.91 Å². The fourth-order valence-corrected chi connectivity index (χ4v) is 4.01. The zero-order valence-corrected chi connectivity index (χ0v) is 14.5. The zero-order chi connectivity index (χ0) is 16.2. The molecule has 2 nitrogen and oxygen atoms in total. The molecule has 0 saturated carbocycles. The van der Waals surface area contributed by atoms with E-state index in [1.807, 2.05) is 59.5 Å². The number of rotatable bonds is 5. The van der Waals surface area contributed by atoms with Gasteiger partial charge < -0.3 is 4.90 Å². The van der Waals surface area contributed by atoms with Crippen molar-refractivity contribution in [3.8, 4) is 0 Å². The summed E-state index contributed by atoms with van der Waals surface area (Å²) in [4.78, 5) is 15.5. The van der Waals surface area contributed by atoms with Gasteiger partial charge in [-0.2, -0.15) is 0 Å². The van der Waals surface area contributed by atoms with E-state index in [2.05, 4.69) is 6.92 Å². The van der Waals surface area contributed by atoms with E-state index in [1.165, 1.54) is 11.3 Å². The molecule has 1 heterocycles. The maximum absolute atomic E-state index is 13.1. The largest absolute Gasteiger partial charge is 0.308 e. The predicted octanol–water partition coefficient (Wildman–Crippen LogP) is 6.00. The zero-order valence-electron chi connectivity index (χ0n) is 13.0. The minimum absolute atomic E-state index is 0.0177. The van der Waals surface area contributed by atoms with Crippen molar-refractivity contribution in [3.05, 3.63) is 64.5 Å². The Morgan fingerprint density at radius 1 is 1.09 bits per heavy atom. The van der Waals surface area contributed by atoms with Crippen LogP contribution in [0.5, 0.6) is 0 Å². The van der Waals surface area contributed by atoms with Crippen LogP contribution in [0.1, 0.15) is 29.4 Å². The summed E-state index contributed by atoms with van der Waals surface area (Å²) >= 11 is 7.95. The van der Waals surface area contributed by atoms with Crippen molar-refractivity contribution in [2.75, 3.05) is 11.4 Å². The third kappa shape index (κ3) is 3.26. The first-order valence-electron chi connectivity index (χ1n) is 7.76. The molecule has 4 heteroatoms. The fourth-order valence-electron chi connectivity index (χ4n) is 2.55. The SMILES string of the molecule is CCCCN(C(=O)c1sc2ccccc2c1Cl)c1ccccc1. The van der Waals surface area contributed by atoms with Gasteiger partial charge in [0, 0.05) is 22.3 Å². The minimum Gasteiger partial charge on any atom is -0.308 e. The molecule has 0 radical (unpaired) electrons. The topological polar surface area (TPSA) is 20.3 Å². The van der Waals surface area contributed by atoms with E-state index in [-0.39, 0.29) is 5.91 Å². The number of carbonyl (C=O) groups excluding carboxylic acids is 1. The van der Waals surface area contributed by atoms with Crippen molar-refractivity contribution in [2.24, 2.45) is 0 Å². The van der Waals surface area contributed by atoms with E-state index in [9.17, 15) is 4.79 Å². The van der Waals surface area contributed by atoms with E-state index in [0.717, 1.165) is 28.6 Å². The van der Waals surface area contributed by atoms with Crippen LogP contribution in [0.15, 0.2) is 54.6 Å². The first-order valence-corrected chi connectivity index (χ1v) is 8.95. The number of hydrogen-bond donors (Lipinski definition) is 0. The molecule has 3 rings (SSSR count). The number of carbonyl (C=O) groups is 1. The molecule has 0 aliphatic rings. The Kier molecular flexibility index (Phi) is 4.99. The lowest BCUT2D eigenvalue weighted by atomic mass is 10.2. The fraction of sp³-hybridized carbons (Fsp3) is 0.211. The lowest BCUT2D eigenvalue weighted by Crippen LogP contribution is -2.31. The summed E-state index contributed by atoms with van der Waals surface area (Å²) in [7, 11) is 0. The Bertz CT molecular complexity index is 813. The second-order valence-corrected chi connectivity index (χ2v) is 6.82. The number of hydrogen-bond acceptors (Lipinski definition) is 2. The summed E-state index contributed by atoms with van der Waals surface area (Å²) in [5, 5.41) is 1.51. The highest BCUT2D eigenvalue weighted by Crippen LogP contribution is 2.36. The van der Waals surface area contributed by atoms with E-state index >= 15 is 0 Å². The van der Waals surface area contributed by atoms with Crippen LogP contribution in [0.2, 0.25) is 5.02 Å². The molecule has 0 N–H and O–H groups in total. The molecule has 23 heavy (non-hydrogen) atoms. The van der Waals surface area contributed by atoms with Crippen molar-refractivity contribution in [1.82, 2.24) is 0 Å². The van der Waals surface area contributed by atoms with Crippen LogP contribution < -0.4 is 4.90 Å². The van der Waals surface area contributed by atoms with Gasteiger partial charge in [0.2, 0.25) is 0 Å². The highest BCUT2D eigenvalue weighted by atomic mass is 35.5. The number of para-hydroxylation sites is 1. The molecular weight excluding hydrogens is 326 g/mol. The summed E-state index contributed by atoms with van der Waals surface area (Å²) in [6, 6.07) is 17.7. The third-order valence-electron chi connectivity index (χ3n) is 3.78. The van der Waals surface area contributed by atoms with Crippen molar-refractivity contribution in [2.45, 2.75) is 19.8 Å². The number of benzene rings is 2. The van der Waals surface area contributed by atoms with Crippen LogP contribution in [-0.4, -0.2) is 12.5 Å². The Labute approximate surface area is 145 Å². The van der Waals surface area contributed by atoms with Crippen molar-refractivity contribution in [1.29, 1.82) is 0 Å². The van der Waals surface area contributed by atoms with Crippen molar-refractivity contribution < 1.29 is 4.79 Å². The van der Waals surface area contributed by atoms with Crippen LogP contribution in [0.3, 0.4) is 0 Å². The molecule has 3 aromatic rings. The smallest absolute Gasteiger partial charge is 0.269 e. The quantitative estimate of drug-likeness (QED) is 0.556. The molecule has 118 valence electrons. The average Bonchev–Trinajstić information content (AvgIpc) is 2.93. The molecule has 1 aromatic heterocycles. The van der Waals surface area contributed by atoms with E-state index in [4.69, 9.17) is 11.6 Å². The van der Waals surface area contributed by atoms with Crippen LogP contribution in [0, 0.1) is 0 Å². The molecule has 0 aliphatic heterocycles. The van der Waals surface area contributed by atoms with Crippen molar-refractivity contribution in [3.63, 3.8) is 0 Å². The summed E-state index contributed by atoms with van der Waals surface area (Å²) in [6.45, 7) is 2.82. The van der Waals surface area contributed by atoms with Gasteiger partial charge in [0.15, 0.2) is 0 Å². The second-order valence-electron chi connectivity index (χ2n) is 5.39. The number of anilines is 1. The van der Waals surface area contributed by atoms with Gasteiger partial charge in [-0.15, -0.1) is 11.3 Å². The summed E-state index contributed by atoms with van der Waals surface area (Å²) < 4.78 is 1.05. The van der Waals surface area contributed by atoms with Crippen LogP contribution in [-0.2, 0) is 0 Å². The molecule has 0 atom stereocenters. The molecule has 2 aromatic carbocycles. The Morgan fingerprint density at radius 2 is 1.78 bits per heavy atom. The average molecular weight is 344 g/mol. The van der Waals surface area contributed by atoms with Gasteiger partial charge >= 0.3 is 0 Å². The summed E-state index contributed by atoms with van der Waals surface area (Å²) in [5.41, 5.74) is 0.916. The lowest BCUT2D eigenvalue weighted by Gasteiger charge is -2.22. The monoisotopic (exact) mass is 343 g/mol. The highest BCUT2D eigenvalue weighted by molar-refractivity contribution is 7.21. The van der Waals surface area contributed by atoms with Gasteiger partial charge in [-0.05, 0) is 24.6 Å². The molecule has 0 unspecified atom stereocenters. The maximum atomic E-state index is 13.1. The number of unbranched alkanes of at least 4 members (excludes halogenated alkanes) is 1. The lowest BCUT2D eigenvalue weighted by molar-refractivity contribution is 0.0990. The molecule has 0 spiro atoms. The predicted molar refractivity (Wildman–Crippen MR) is 99.9 cm³/mol. The Morgan fingerprint density at radius 3 is 2.48 bits per heavy atom. The highest BCUT2D eigenvalue weighted by Gasteiger charge is 2.23. The molecule has 1 amide bonds. The minimum atomic E-state index is -0.0177. The number of fused-ring (bicyclic) bond motifs is 1. The Hall–Kier alpha value is -1.84. The van der Waals surface area contributed by atoms with Gasteiger partial charge in [0.05, 0.1) is 5.02 Å². The van der Waals surface area contributed by atoms with Gasteiger partial charge in [-0.25, -0.2) is 0 Å². The van der Waals surface area contributed by atoms with E-state index < -0.39 is 0 Å². The standard InChI is InChI=1S/C19H18ClNOS/c1-2-3-13-21(14-9-5-4-6-10-14)19(22)18-17(20)15-11-7-8-12-16(15)23-18/h4-12H,2-3,13H2,1H3. The van der Waals surface area contributed by atoms with Crippen LogP contribution in [0.25, 0.3) is 10.1 Å². The Balaban J connectivity index is 2.01. The molecule has 0 saturated heterocycles. The normalized spacial score (nSPS) is 10.9. The molecule has 0 fully saturated rings. The summed E-state index contributed by atoms with van der Waals surface area (Å²) in [5.74, 6) is -0.0177.